The highest BCUT2D eigenvalue weighted by molar-refractivity contribution is 5.97. The maximum absolute atomic E-state index is 12.4. The molecule has 0 bridgehead atoms. The summed E-state index contributed by atoms with van der Waals surface area (Å²) in [5.74, 6) is 0.444. The van der Waals surface area contributed by atoms with Crippen LogP contribution in [0.25, 0.3) is 10.9 Å². The topological polar surface area (TPSA) is 87.3 Å². The van der Waals surface area contributed by atoms with E-state index in [1.54, 1.807) is 12.4 Å². The van der Waals surface area contributed by atoms with Crippen LogP contribution in [-0.4, -0.2) is 52.1 Å². The molecule has 1 aliphatic carbocycles. The zero-order valence-electron chi connectivity index (χ0n) is 17.5. The van der Waals surface area contributed by atoms with Gasteiger partial charge in [-0.25, -0.2) is 4.79 Å². The molecule has 7 heteroatoms. The Labute approximate surface area is 171 Å². The molecule has 1 spiro atoms. The van der Waals surface area contributed by atoms with Crippen LogP contribution in [-0.2, 0) is 4.74 Å². The van der Waals surface area contributed by atoms with E-state index in [2.05, 4.69) is 15.3 Å². The Bertz CT molecular complexity index is 865. The van der Waals surface area contributed by atoms with E-state index in [-0.39, 0.29) is 12.0 Å². The number of rotatable bonds is 3. The molecule has 7 nitrogen and oxygen atoms in total. The Balaban J connectivity index is 1.21. The fourth-order valence-electron chi connectivity index (χ4n) is 4.63. The molecular weight excluding hydrogens is 368 g/mol. The first-order chi connectivity index (χ1) is 13.7. The van der Waals surface area contributed by atoms with Crippen molar-refractivity contribution in [3.05, 3.63) is 30.2 Å². The average molecular weight is 399 g/mol. The SMILES string of the molecule is CC(C)(C)OC(=O)N1CCC2(CC1)CC(CNC(=O)c1cc3cnccc3[nH]1)C2. The Morgan fingerprint density at radius 1 is 1.31 bits per heavy atom. The minimum absolute atomic E-state index is 0.0677. The van der Waals surface area contributed by atoms with Gasteiger partial charge in [-0.2, -0.15) is 0 Å². The highest BCUT2D eigenvalue weighted by Gasteiger charge is 2.46. The lowest BCUT2D eigenvalue weighted by atomic mass is 9.57. The van der Waals surface area contributed by atoms with E-state index in [0.29, 0.717) is 23.6 Å². The smallest absolute Gasteiger partial charge is 0.410 e. The van der Waals surface area contributed by atoms with Crippen molar-refractivity contribution in [2.45, 2.75) is 52.1 Å². The molecule has 0 atom stereocenters. The van der Waals surface area contributed by atoms with Gasteiger partial charge in [0.25, 0.3) is 5.91 Å². The number of likely N-dealkylation sites (tertiary alicyclic amines) is 1. The molecule has 1 aliphatic heterocycles. The maximum atomic E-state index is 12.4. The van der Waals surface area contributed by atoms with Crippen molar-refractivity contribution in [1.29, 1.82) is 0 Å². The summed E-state index contributed by atoms with van der Waals surface area (Å²) in [5, 5.41) is 4.00. The van der Waals surface area contributed by atoms with Crippen molar-refractivity contribution in [2.24, 2.45) is 11.3 Å². The number of pyridine rings is 1. The van der Waals surface area contributed by atoms with Crippen LogP contribution in [0, 0.1) is 11.3 Å². The Hall–Kier alpha value is -2.57. The molecule has 1 saturated heterocycles. The maximum Gasteiger partial charge on any atom is 0.410 e. The second-order valence-electron chi connectivity index (χ2n) is 9.60. The molecule has 2 N–H and O–H groups in total. The van der Waals surface area contributed by atoms with Crippen molar-refractivity contribution < 1.29 is 14.3 Å². The quantitative estimate of drug-likeness (QED) is 0.825. The predicted octanol–water partition coefficient (Wildman–Crippen LogP) is 3.72. The fourth-order valence-corrected chi connectivity index (χ4v) is 4.63. The standard InChI is InChI=1S/C22H30N4O3/c1-21(2,3)29-20(28)26-8-5-22(6-9-26)11-15(12-22)13-24-19(27)18-10-16-14-23-7-4-17(16)25-18/h4,7,10,14-15,25H,5-6,8-9,11-13H2,1-3H3,(H,24,27). The van der Waals surface area contributed by atoms with E-state index >= 15 is 0 Å². The number of amides is 2. The third-order valence-electron chi connectivity index (χ3n) is 6.14. The van der Waals surface area contributed by atoms with Gasteiger partial charge < -0.3 is 19.9 Å². The molecular formula is C22H30N4O3. The lowest BCUT2D eigenvalue weighted by Crippen LogP contribution is -2.51. The van der Waals surface area contributed by atoms with Gasteiger partial charge >= 0.3 is 6.09 Å². The van der Waals surface area contributed by atoms with E-state index in [4.69, 9.17) is 4.74 Å². The van der Waals surface area contributed by atoms with Crippen molar-refractivity contribution >= 4 is 22.9 Å². The highest BCUT2D eigenvalue weighted by atomic mass is 16.6. The molecule has 2 aromatic rings. The molecule has 2 aliphatic rings. The minimum atomic E-state index is -0.451. The number of nitrogens with one attached hydrogen (secondary N) is 2. The highest BCUT2D eigenvalue weighted by Crippen LogP contribution is 2.52. The minimum Gasteiger partial charge on any atom is -0.444 e. The number of ether oxygens (including phenoxy) is 1. The number of piperidine rings is 1. The van der Waals surface area contributed by atoms with Crippen LogP contribution < -0.4 is 5.32 Å². The monoisotopic (exact) mass is 398 g/mol. The second kappa shape index (κ2) is 7.35. The summed E-state index contributed by atoms with van der Waals surface area (Å²) in [5.41, 5.74) is 1.38. The molecule has 2 aromatic heterocycles. The van der Waals surface area contributed by atoms with Crippen LogP contribution in [0.15, 0.2) is 24.5 Å². The van der Waals surface area contributed by atoms with Gasteiger partial charge in [-0.05, 0) is 69.9 Å². The van der Waals surface area contributed by atoms with Crippen LogP contribution in [0.2, 0.25) is 0 Å². The van der Waals surface area contributed by atoms with Crippen LogP contribution in [0.3, 0.4) is 0 Å². The predicted molar refractivity (Wildman–Crippen MR) is 111 cm³/mol. The normalized spacial score (nSPS) is 19.2. The van der Waals surface area contributed by atoms with Crippen LogP contribution in [0.4, 0.5) is 4.79 Å². The third-order valence-corrected chi connectivity index (χ3v) is 6.14. The molecule has 1 saturated carbocycles. The van der Waals surface area contributed by atoms with Gasteiger partial charge in [0.05, 0.1) is 0 Å². The van der Waals surface area contributed by atoms with Gasteiger partial charge in [0, 0.05) is 42.9 Å². The zero-order valence-corrected chi connectivity index (χ0v) is 17.5. The summed E-state index contributed by atoms with van der Waals surface area (Å²) in [6, 6.07) is 3.71. The van der Waals surface area contributed by atoms with E-state index in [0.717, 1.165) is 49.7 Å². The second-order valence-corrected chi connectivity index (χ2v) is 9.60. The molecule has 3 heterocycles. The summed E-state index contributed by atoms with van der Waals surface area (Å²) in [7, 11) is 0. The molecule has 4 rings (SSSR count). The number of fused-ring (bicyclic) bond motifs is 1. The summed E-state index contributed by atoms with van der Waals surface area (Å²) < 4.78 is 5.48. The van der Waals surface area contributed by atoms with Crippen LogP contribution >= 0.6 is 0 Å². The van der Waals surface area contributed by atoms with E-state index in [1.165, 1.54) is 0 Å². The number of carbonyl (C=O) groups is 2. The van der Waals surface area contributed by atoms with Crippen LogP contribution in [0.5, 0.6) is 0 Å². The molecule has 0 unspecified atom stereocenters. The molecule has 2 fully saturated rings. The number of aromatic amines is 1. The number of nitrogens with zero attached hydrogens (tertiary/aromatic N) is 2. The number of hydrogen-bond acceptors (Lipinski definition) is 4. The van der Waals surface area contributed by atoms with E-state index in [1.807, 2.05) is 37.8 Å². The Morgan fingerprint density at radius 3 is 2.69 bits per heavy atom. The Kier molecular flexibility index (Phi) is 5.00. The van der Waals surface area contributed by atoms with E-state index in [9.17, 15) is 9.59 Å². The molecule has 0 aromatic carbocycles. The number of carbonyl (C=O) groups excluding carboxylic acids is 2. The first-order valence-electron chi connectivity index (χ1n) is 10.4. The van der Waals surface area contributed by atoms with Gasteiger partial charge in [0.1, 0.15) is 11.3 Å². The molecule has 156 valence electrons. The summed E-state index contributed by atoms with van der Waals surface area (Å²) in [6.07, 6.45) is 7.53. The van der Waals surface area contributed by atoms with Gasteiger partial charge in [0.15, 0.2) is 0 Å². The van der Waals surface area contributed by atoms with Crippen molar-refractivity contribution in [3.8, 4) is 0 Å². The molecule has 29 heavy (non-hydrogen) atoms. The number of hydrogen-bond donors (Lipinski definition) is 2. The zero-order chi connectivity index (χ0) is 20.6. The number of aromatic nitrogens is 2. The lowest BCUT2D eigenvalue weighted by Gasteiger charge is -2.52. The first-order valence-corrected chi connectivity index (χ1v) is 10.4. The summed E-state index contributed by atoms with van der Waals surface area (Å²) in [6.45, 7) is 7.91. The molecule has 2 amide bonds. The fraction of sp³-hybridized carbons (Fsp3) is 0.591. The van der Waals surface area contributed by atoms with E-state index < -0.39 is 5.60 Å². The third kappa shape index (κ3) is 4.38. The number of H-pyrrole nitrogens is 1. The summed E-state index contributed by atoms with van der Waals surface area (Å²) in [4.78, 5) is 33.7. The van der Waals surface area contributed by atoms with Crippen molar-refractivity contribution in [1.82, 2.24) is 20.2 Å². The van der Waals surface area contributed by atoms with Crippen molar-refractivity contribution in [2.75, 3.05) is 19.6 Å². The average Bonchev–Trinajstić information content (AvgIpc) is 3.07. The van der Waals surface area contributed by atoms with Gasteiger partial charge in [-0.15, -0.1) is 0 Å². The summed E-state index contributed by atoms with van der Waals surface area (Å²) >= 11 is 0. The first kappa shape index (κ1) is 19.7. The van der Waals surface area contributed by atoms with Gasteiger partial charge in [0.2, 0.25) is 0 Å². The van der Waals surface area contributed by atoms with Crippen LogP contribution in [0.1, 0.15) is 56.9 Å². The molecule has 0 radical (unpaired) electrons. The van der Waals surface area contributed by atoms with Crippen molar-refractivity contribution in [3.63, 3.8) is 0 Å². The van der Waals surface area contributed by atoms with Gasteiger partial charge in [-0.1, -0.05) is 0 Å². The lowest BCUT2D eigenvalue weighted by molar-refractivity contribution is -0.0265. The Morgan fingerprint density at radius 2 is 2.03 bits per heavy atom. The van der Waals surface area contributed by atoms with Gasteiger partial charge in [-0.3, -0.25) is 9.78 Å². The largest absolute Gasteiger partial charge is 0.444 e.